The van der Waals surface area contributed by atoms with Gasteiger partial charge in [-0.05, 0) is 46.3 Å². The van der Waals surface area contributed by atoms with E-state index in [1.165, 1.54) is 0 Å². The summed E-state index contributed by atoms with van der Waals surface area (Å²) in [5, 5.41) is 9.03. The van der Waals surface area contributed by atoms with Crippen LogP contribution in [0, 0.1) is 0 Å². The van der Waals surface area contributed by atoms with Gasteiger partial charge in [0.1, 0.15) is 11.4 Å². The molecule has 2 rings (SSSR count). The van der Waals surface area contributed by atoms with Crippen LogP contribution in [0.5, 0.6) is 5.75 Å². The van der Waals surface area contributed by atoms with Gasteiger partial charge in [0.05, 0.1) is 11.6 Å². The molecule has 0 fully saturated rings. The molecule has 0 aliphatic heterocycles. The van der Waals surface area contributed by atoms with Crippen molar-refractivity contribution in [2.75, 3.05) is 7.11 Å². The Balaban J connectivity index is 2.50. The smallest absolute Gasteiger partial charge is 0.352 e. The lowest BCUT2D eigenvalue weighted by atomic mass is 10.3. The van der Waals surface area contributed by atoms with E-state index in [0.717, 1.165) is 10.2 Å². The largest absolute Gasteiger partial charge is 0.496 e. The molecule has 88 valence electrons. The van der Waals surface area contributed by atoms with Crippen LogP contribution in [0.15, 0.2) is 41.0 Å². The fourth-order valence-corrected chi connectivity index (χ4v) is 2.11. The van der Waals surface area contributed by atoms with Gasteiger partial charge < -0.3 is 14.4 Å². The first kappa shape index (κ1) is 11.7. The first-order valence-corrected chi connectivity index (χ1v) is 5.67. The molecule has 0 radical (unpaired) electrons. The van der Waals surface area contributed by atoms with Gasteiger partial charge in [0, 0.05) is 11.9 Å². The summed E-state index contributed by atoms with van der Waals surface area (Å²) in [5.74, 6) is -0.250. The molecule has 17 heavy (non-hydrogen) atoms. The summed E-state index contributed by atoms with van der Waals surface area (Å²) < 4.78 is 7.51. The van der Waals surface area contributed by atoms with Gasteiger partial charge in [-0.2, -0.15) is 0 Å². The molecule has 5 heteroatoms. The van der Waals surface area contributed by atoms with Crippen molar-refractivity contribution < 1.29 is 14.6 Å². The molecular weight excluding hydrogens is 286 g/mol. The number of aromatic nitrogens is 1. The molecule has 0 aliphatic rings. The maximum absolute atomic E-state index is 11.0. The number of methoxy groups -OCH3 is 1. The quantitative estimate of drug-likeness (QED) is 0.947. The summed E-state index contributed by atoms with van der Waals surface area (Å²) in [5.41, 5.74) is 0.988. The summed E-state index contributed by atoms with van der Waals surface area (Å²) in [6.07, 6.45) is 1.71. The van der Waals surface area contributed by atoms with Crippen LogP contribution in [-0.2, 0) is 0 Å². The Hall–Kier alpha value is -1.75. The molecule has 0 amide bonds. The van der Waals surface area contributed by atoms with E-state index in [2.05, 4.69) is 15.9 Å². The average molecular weight is 296 g/mol. The summed E-state index contributed by atoms with van der Waals surface area (Å²) in [6.45, 7) is 0. The van der Waals surface area contributed by atoms with Gasteiger partial charge in [-0.25, -0.2) is 4.79 Å². The maximum Gasteiger partial charge on any atom is 0.352 e. The van der Waals surface area contributed by atoms with Crippen molar-refractivity contribution in [3.63, 3.8) is 0 Å². The Kier molecular flexibility index (Phi) is 3.19. The normalized spacial score (nSPS) is 10.2. The lowest BCUT2D eigenvalue weighted by Gasteiger charge is -2.09. The predicted molar refractivity (Wildman–Crippen MR) is 67.0 cm³/mol. The Bertz CT molecular complexity index is 563. The lowest BCUT2D eigenvalue weighted by molar-refractivity contribution is 0.0688. The van der Waals surface area contributed by atoms with Crippen LogP contribution in [0.25, 0.3) is 5.69 Å². The van der Waals surface area contributed by atoms with Crippen molar-refractivity contribution in [2.24, 2.45) is 0 Å². The first-order chi connectivity index (χ1) is 8.13. The topological polar surface area (TPSA) is 51.5 Å². The second-order valence-electron chi connectivity index (χ2n) is 3.39. The number of hydrogen-bond donors (Lipinski definition) is 1. The number of carboxylic acids is 1. The van der Waals surface area contributed by atoms with E-state index in [1.807, 2.05) is 6.07 Å². The molecule has 2 aromatic rings. The van der Waals surface area contributed by atoms with Gasteiger partial charge in [0.15, 0.2) is 0 Å². The highest BCUT2D eigenvalue weighted by molar-refractivity contribution is 9.10. The van der Waals surface area contributed by atoms with Gasteiger partial charge in [-0.3, -0.25) is 0 Å². The van der Waals surface area contributed by atoms with Crippen molar-refractivity contribution in [3.05, 3.63) is 46.7 Å². The Morgan fingerprint density at radius 2 is 2.18 bits per heavy atom. The molecule has 0 bridgehead atoms. The highest BCUT2D eigenvalue weighted by atomic mass is 79.9. The number of hydrogen-bond acceptors (Lipinski definition) is 2. The van der Waals surface area contributed by atoms with Crippen LogP contribution >= 0.6 is 15.9 Å². The molecule has 1 N–H and O–H groups in total. The minimum Gasteiger partial charge on any atom is -0.496 e. The van der Waals surface area contributed by atoms with Crippen LogP contribution in [0.1, 0.15) is 10.5 Å². The molecule has 0 atom stereocenters. The third-order valence-corrected chi connectivity index (χ3v) is 3.00. The second-order valence-corrected chi connectivity index (χ2v) is 4.24. The van der Waals surface area contributed by atoms with Crippen LogP contribution in [0.3, 0.4) is 0 Å². The summed E-state index contributed by atoms with van der Waals surface area (Å²) in [4.78, 5) is 11.0. The van der Waals surface area contributed by atoms with Crippen molar-refractivity contribution in [3.8, 4) is 11.4 Å². The Morgan fingerprint density at radius 1 is 1.41 bits per heavy atom. The van der Waals surface area contributed by atoms with Crippen molar-refractivity contribution >= 4 is 21.9 Å². The van der Waals surface area contributed by atoms with E-state index in [4.69, 9.17) is 9.84 Å². The van der Waals surface area contributed by atoms with E-state index in [-0.39, 0.29) is 5.69 Å². The molecule has 1 heterocycles. The first-order valence-electron chi connectivity index (χ1n) is 4.88. The minimum atomic E-state index is -0.957. The fraction of sp³-hybridized carbons (Fsp3) is 0.0833. The zero-order valence-corrected chi connectivity index (χ0v) is 10.6. The van der Waals surface area contributed by atoms with E-state index >= 15 is 0 Å². The predicted octanol–water partition coefficient (Wildman–Crippen LogP) is 2.95. The molecule has 0 saturated carbocycles. The van der Waals surface area contributed by atoms with E-state index in [0.29, 0.717) is 5.75 Å². The van der Waals surface area contributed by atoms with Gasteiger partial charge in [0.2, 0.25) is 0 Å². The van der Waals surface area contributed by atoms with Gasteiger partial charge in [0.25, 0.3) is 0 Å². The SMILES string of the molecule is COc1ccc(-n2cccc2C(=O)O)cc1Br. The Morgan fingerprint density at radius 3 is 2.76 bits per heavy atom. The second kappa shape index (κ2) is 4.63. The van der Waals surface area contributed by atoms with Crippen LogP contribution in [0.4, 0.5) is 0 Å². The van der Waals surface area contributed by atoms with E-state index in [9.17, 15) is 4.79 Å². The molecule has 0 spiro atoms. The maximum atomic E-state index is 11.0. The van der Waals surface area contributed by atoms with E-state index < -0.39 is 5.97 Å². The van der Waals surface area contributed by atoms with Crippen LogP contribution in [-0.4, -0.2) is 22.8 Å². The number of halogens is 1. The standard InChI is InChI=1S/C12H10BrNO3/c1-17-11-5-4-8(7-9(11)13)14-6-2-3-10(14)12(15)16/h2-7H,1H3,(H,15,16). The van der Waals surface area contributed by atoms with Crippen molar-refractivity contribution in [2.45, 2.75) is 0 Å². The van der Waals surface area contributed by atoms with Crippen molar-refractivity contribution in [1.29, 1.82) is 0 Å². The molecule has 1 aromatic carbocycles. The molecule has 0 saturated heterocycles. The number of rotatable bonds is 3. The average Bonchev–Trinajstić information content (AvgIpc) is 2.77. The number of aromatic carboxylic acids is 1. The Labute approximate surface area is 107 Å². The minimum absolute atomic E-state index is 0.224. The number of carboxylic acid groups (broad SMARTS) is 1. The van der Waals surface area contributed by atoms with Gasteiger partial charge in [-0.1, -0.05) is 0 Å². The molecule has 4 nitrogen and oxygen atoms in total. The molecule has 0 unspecified atom stereocenters. The number of benzene rings is 1. The zero-order valence-electron chi connectivity index (χ0n) is 9.05. The zero-order chi connectivity index (χ0) is 12.4. The summed E-state index contributed by atoms with van der Waals surface area (Å²) >= 11 is 3.37. The monoisotopic (exact) mass is 295 g/mol. The fourth-order valence-electron chi connectivity index (χ4n) is 1.59. The number of ether oxygens (including phenoxy) is 1. The lowest BCUT2D eigenvalue weighted by Crippen LogP contribution is -2.05. The summed E-state index contributed by atoms with van der Waals surface area (Å²) in [7, 11) is 1.58. The highest BCUT2D eigenvalue weighted by Crippen LogP contribution is 2.27. The molecular formula is C12H10BrNO3. The van der Waals surface area contributed by atoms with Crippen LogP contribution in [0.2, 0.25) is 0 Å². The van der Waals surface area contributed by atoms with Gasteiger partial charge >= 0.3 is 5.97 Å². The third-order valence-electron chi connectivity index (χ3n) is 2.38. The molecule has 0 aliphatic carbocycles. The number of nitrogens with zero attached hydrogens (tertiary/aromatic N) is 1. The van der Waals surface area contributed by atoms with E-state index in [1.54, 1.807) is 42.1 Å². The molecule has 1 aromatic heterocycles. The van der Waals surface area contributed by atoms with Gasteiger partial charge in [-0.15, -0.1) is 0 Å². The summed E-state index contributed by atoms with van der Waals surface area (Å²) in [6, 6.07) is 8.65. The number of carbonyl (C=O) groups is 1. The highest BCUT2D eigenvalue weighted by Gasteiger charge is 2.11. The third kappa shape index (κ3) is 2.19. The van der Waals surface area contributed by atoms with Crippen LogP contribution < -0.4 is 4.74 Å². The van der Waals surface area contributed by atoms with Crippen molar-refractivity contribution in [1.82, 2.24) is 4.57 Å².